The van der Waals surface area contributed by atoms with Crippen molar-refractivity contribution in [3.05, 3.63) is 63.9 Å². The molecule has 0 aliphatic carbocycles. The van der Waals surface area contributed by atoms with Crippen LogP contribution < -0.4 is 5.32 Å². The van der Waals surface area contributed by atoms with Crippen LogP contribution in [0.3, 0.4) is 0 Å². The molecule has 23 heavy (non-hydrogen) atoms. The molecule has 0 spiro atoms. The summed E-state index contributed by atoms with van der Waals surface area (Å²) < 4.78 is 13.2. The first-order valence-corrected chi connectivity index (χ1v) is 7.83. The third kappa shape index (κ3) is 4.93. The Morgan fingerprint density at radius 3 is 2.65 bits per heavy atom. The molecule has 1 amide bonds. The van der Waals surface area contributed by atoms with Crippen LogP contribution in [0.2, 0.25) is 10.0 Å². The number of halogens is 3. The smallest absolute Gasteiger partial charge is 0.241 e. The molecule has 1 atom stereocenters. The fourth-order valence-corrected chi connectivity index (χ4v) is 2.54. The van der Waals surface area contributed by atoms with Gasteiger partial charge >= 0.3 is 0 Å². The van der Waals surface area contributed by atoms with Crippen LogP contribution >= 0.6 is 23.2 Å². The minimum Gasteiger partial charge on any atom is -0.323 e. The Morgan fingerprint density at radius 1 is 1.26 bits per heavy atom. The van der Waals surface area contributed by atoms with E-state index in [1.165, 1.54) is 12.1 Å². The van der Waals surface area contributed by atoms with Crippen molar-refractivity contribution in [2.45, 2.75) is 19.5 Å². The van der Waals surface area contributed by atoms with Crippen LogP contribution in [-0.4, -0.2) is 23.9 Å². The normalized spacial score (nSPS) is 12.3. The van der Waals surface area contributed by atoms with E-state index in [9.17, 15) is 9.18 Å². The summed E-state index contributed by atoms with van der Waals surface area (Å²) in [7, 11) is 1.80. The van der Waals surface area contributed by atoms with Gasteiger partial charge in [0.1, 0.15) is 5.82 Å². The first-order chi connectivity index (χ1) is 10.9. The number of carbonyl (C=O) groups excluding carboxylic acids is 1. The average Bonchev–Trinajstić information content (AvgIpc) is 2.49. The Bertz CT molecular complexity index is 709. The van der Waals surface area contributed by atoms with Crippen molar-refractivity contribution < 1.29 is 9.18 Å². The van der Waals surface area contributed by atoms with Crippen LogP contribution in [0, 0.1) is 5.82 Å². The van der Waals surface area contributed by atoms with Gasteiger partial charge in [-0.15, -0.1) is 0 Å². The summed E-state index contributed by atoms with van der Waals surface area (Å²) in [5, 5.41) is 3.65. The zero-order valence-corrected chi connectivity index (χ0v) is 14.3. The summed E-state index contributed by atoms with van der Waals surface area (Å²) in [5.74, 6) is -0.492. The van der Waals surface area contributed by atoms with Gasteiger partial charge in [-0.2, -0.15) is 0 Å². The molecule has 0 aliphatic rings. The van der Waals surface area contributed by atoms with E-state index in [0.717, 1.165) is 5.56 Å². The molecule has 1 N–H and O–H groups in total. The predicted molar refractivity (Wildman–Crippen MR) is 92.4 cm³/mol. The van der Waals surface area contributed by atoms with Crippen LogP contribution in [0.15, 0.2) is 42.5 Å². The van der Waals surface area contributed by atoms with Crippen LogP contribution in [-0.2, 0) is 11.3 Å². The van der Waals surface area contributed by atoms with Gasteiger partial charge in [0, 0.05) is 11.6 Å². The van der Waals surface area contributed by atoms with E-state index in [2.05, 4.69) is 5.32 Å². The summed E-state index contributed by atoms with van der Waals surface area (Å²) in [5.41, 5.74) is 1.31. The minimum absolute atomic E-state index is 0.201. The number of likely N-dealkylation sites (N-methyl/N-ethyl adjacent to an activating group) is 1. The SMILES string of the molecule is C[C@H](C(=O)Nc1ccc(Cl)cc1Cl)N(C)Cc1cccc(F)c1. The molecule has 2 rings (SSSR count). The van der Waals surface area contributed by atoms with Crippen molar-refractivity contribution >= 4 is 34.8 Å². The molecular weight excluding hydrogens is 338 g/mol. The fourth-order valence-electron chi connectivity index (χ4n) is 2.09. The summed E-state index contributed by atoms with van der Waals surface area (Å²) >= 11 is 11.9. The number of hydrogen-bond acceptors (Lipinski definition) is 2. The fraction of sp³-hybridized carbons (Fsp3) is 0.235. The van der Waals surface area contributed by atoms with E-state index in [-0.39, 0.29) is 11.7 Å². The lowest BCUT2D eigenvalue weighted by atomic mass is 10.2. The van der Waals surface area contributed by atoms with E-state index in [1.54, 1.807) is 38.2 Å². The highest BCUT2D eigenvalue weighted by Gasteiger charge is 2.19. The molecule has 0 radical (unpaired) electrons. The quantitative estimate of drug-likeness (QED) is 0.851. The van der Waals surface area contributed by atoms with Crippen LogP contribution in [0.1, 0.15) is 12.5 Å². The molecule has 0 bridgehead atoms. The maximum Gasteiger partial charge on any atom is 0.241 e. The summed E-state index contributed by atoms with van der Waals surface area (Å²) in [6, 6.07) is 10.8. The molecule has 0 heterocycles. The second-order valence-corrected chi connectivity index (χ2v) is 6.18. The maximum absolute atomic E-state index is 13.2. The lowest BCUT2D eigenvalue weighted by molar-refractivity contribution is -0.120. The number of rotatable bonds is 5. The number of amides is 1. The second kappa shape index (κ2) is 7.77. The molecular formula is C17H17Cl2FN2O. The molecule has 0 unspecified atom stereocenters. The second-order valence-electron chi connectivity index (χ2n) is 5.33. The molecule has 2 aromatic carbocycles. The molecule has 0 aromatic heterocycles. The van der Waals surface area contributed by atoms with Crippen LogP contribution in [0.25, 0.3) is 0 Å². The molecule has 122 valence electrons. The van der Waals surface area contributed by atoms with E-state index in [1.807, 2.05) is 11.0 Å². The summed E-state index contributed by atoms with van der Waals surface area (Å²) in [6.45, 7) is 2.24. The maximum atomic E-state index is 13.2. The third-order valence-corrected chi connectivity index (χ3v) is 4.10. The van der Waals surface area contributed by atoms with Crippen molar-refractivity contribution in [3.63, 3.8) is 0 Å². The van der Waals surface area contributed by atoms with Gasteiger partial charge in [-0.05, 0) is 49.9 Å². The molecule has 0 aliphatic heterocycles. The highest BCUT2D eigenvalue weighted by molar-refractivity contribution is 6.36. The highest BCUT2D eigenvalue weighted by Crippen LogP contribution is 2.25. The number of hydrogen-bond donors (Lipinski definition) is 1. The van der Waals surface area contributed by atoms with Gasteiger partial charge in [-0.25, -0.2) is 4.39 Å². The minimum atomic E-state index is -0.412. The zero-order chi connectivity index (χ0) is 17.0. The molecule has 3 nitrogen and oxygen atoms in total. The Morgan fingerprint density at radius 2 is 2.00 bits per heavy atom. The molecule has 2 aromatic rings. The van der Waals surface area contributed by atoms with E-state index >= 15 is 0 Å². The molecule has 0 saturated heterocycles. The Kier molecular flexibility index (Phi) is 5.99. The van der Waals surface area contributed by atoms with Gasteiger partial charge in [0.05, 0.1) is 16.8 Å². The Balaban J connectivity index is 2.01. The van der Waals surface area contributed by atoms with Crippen LogP contribution in [0.4, 0.5) is 10.1 Å². The van der Waals surface area contributed by atoms with E-state index < -0.39 is 6.04 Å². The van der Waals surface area contributed by atoms with Gasteiger partial charge in [0.25, 0.3) is 0 Å². The van der Waals surface area contributed by atoms with Crippen molar-refractivity contribution in [3.8, 4) is 0 Å². The average molecular weight is 355 g/mol. The van der Waals surface area contributed by atoms with Crippen molar-refractivity contribution in [1.82, 2.24) is 4.90 Å². The summed E-state index contributed by atoms with van der Waals surface area (Å²) in [4.78, 5) is 14.2. The number of nitrogens with one attached hydrogen (secondary N) is 1. The zero-order valence-electron chi connectivity index (χ0n) is 12.8. The van der Waals surface area contributed by atoms with Crippen molar-refractivity contribution in [2.24, 2.45) is 0 Å². The van der Waals surface area contributed by atoms with Gasteiger partial charge in [-0.1, -0.05) is 35.3 Å². The first-order valence-electron chi connectivity index (χ1n) is 7.07. The standard InChI is InChI=1S/C17H17Cl2FN2O/c1-11(22(2)10-12-4-3-5-14(20)8-12)17(23)21-16-7-6-13(18)9-15(16)19/h3-9,11H,10H2,1-2H3,(H,21,23)/t11-/m1/s1. The van der Waals surface area contributed by atoms with Gasteiger partial charge in [-0.3, -0.25) is 9.69 Å². The number of carbonyl (C=O) groups is 1. The van der Waals surface area contributed by atoms with E-state index in [0.29, 0.717) is 22.3 Å². The largest absolute Gasteiger partial charge is 0.323 e. The molecule has 6 heteroatoms. The molecule has 0 fully saturated rings. The van der Waals surface area contributed by atoms with Crippen LogP contribution in [0.5, 0.6) is 0 Å². The number of nitrogens with zero attached hydrogens (tertiary/aromatic N) is 1. The Hall–Kier alpha value is -1.62. The molecule has 0 saturated carbocycles. The van der Waals surface area contributed by atoms with Gasteiger partial charge in [0.15, 0.2) is 0 Å². The van der Waals surface area contributed by atoms with Gasteiger partial charge < -0.3 is 5.32 Å². The van der Waals surface area contributed by atoms with Crippen molar-refractivity contribution in [2.75, 3.05) is 12.4 Å². The number of anilines is 1. The lowest BCUT2D eigenvalue weighted by Gasteiger charge is -2.24. The van der Waals surface area contributed by atoms with Gasteiger partial charge in [0.2, 0.25) is 5.91 Å². The first kappa shape index (κ1) is 17.7. The lowest BCUT2D eigenvalue weighted by Crippen LogP contribution is -2.39. The topological polar surface area (TPSA) is 32.3 Å². The number of benzene rings is 2. The Labute approximate surface area is 145 Å². The monoisotopic (exact) mass is 354 g/mol. The van der Waals surface area contributed by atoms with Crippen molar-refractivity contribution in [1.29, 1.82) is 0 Å². The predicted octanol–water partition coefficient (Wildman–Crippen LogP) is 4.59. The van der Waals surface area contributed by atoms with E-state index in [4.69, 9.17) is 23.2 Å². The highest BCUT2D eigenvalue weighted by atomic mass is 35.5. The third-order valence-electron chi connectivity index (χ3n) is 3.55. The summed E-state index contributed by atoms with van der Waals surface area (Å²) in [6.07, 6.45) is 0.